The first-order valence-electron chi connectivity index (χ1n) is 13.7. The number of hydrogen-bond donors (Lipinski definition) is 0. The number of unbranched alkanes of at least 4 members (excludes halogenated alkanes) is 2. The van der Waals surface area contributed by atoms with Crippen LogP contribution in [0.15, 0.2) is 36.4 Å². The van der Waals surface area contributed by atoms with Gasteiger partial charge >= 0.3 is 0 Å². The van der Waals surface area contributed by atoms with Gasteiger partial charge in [0.2, 0.25) is 11.5 Å². The lowest BCUT2D eigenvalue weighted by atomic mass is 10.1. The van der Waals surface area contributed by atoms with Crippen LogP contribution >= 0.6 is 0 Å². The van der Waals surface area contributed by atoms with Crippen LogP contribution in [-0.2, 0) is 0 Å². The highest BCUT2D eigenvalue weighted by molar-refractivity contribution is 5.63. The quantitative estimate of drug-likeness (QED) is 0.199. The molecular formula is C32H48N2O6. The highest BCUT2D eigenvalue weighted by Gasteiger charge is 2.13. The van der Waals surface area contributed by atoms with E-state index in [9.17, 15) is 0 Å². The predicted molar refractivity (Wildman–Crippen MR) is 164 cm³/mol. The van der Waals surface area contributed by atoms with Crippen molar-refractivity contribution in [2.45, 2.75) is 25.7 Å². The van der Waals surface area contributed by atoms with Crippen LogP contribution in [0.5, 0.6) is 34.5 Å². The van der Waals surface area contributed by atoms with Crippen molar-refractivity contribution in [2.75, 3.05) is 82.9 Å². The number of methoxy groups -OCH3 is 6. The van der Waals surface area contributed by atoms with Crippen LogP contribution in [0, 0.1) is 0 Å². The van der Waals surface area contributed by atoms with E-state index in [0.29, 0.717) is 34.5 Å². The molecule has 8 nitrogen and oxygen atoms in total. The van der Waals surface area contributed by atoms with Crippen molar-refractivity contribution in [2.24, 2.45) is 0 Å². The first-order valence-corrected chi connectivity index (χ1v) is 13.7. The van der Waals surface area contributed by atoms with Crippen molar-refractivity contribution in [3.05, 3.63) is 47.5 Å². The Morgan fingerprint density at radius 3 is 1.10 bits per heavy atom. The molecule has 0 aliphatic heterocycles. The highest BCUT2D eigenvalue weighted by Crippen LogP contribution is 2.39. The van der Waals surface area contributed by atoms with E-state index in [0.717, 1.165) is 63.0 Å². The molecule has 0 atom stereocenters. The third-order valence-corrected chi connectivity index (χ3v) is 6.68. The van der Waals surface area contributed by atoms with Crippen molar-refractivity contribution in [3.63, 3.8) is 0 Å². The minimum absolute atomic E-state index is 0.612. The molecule has 0 heterocycles. The van der Waals surface area contributed by atoms with E-state index in [2.05, 4.69) is 48.2 Å². The maximum absolute atomic E-state index is 5.44. The molecule has 0 fully saturated rings. The molecule has 0 aliphatic carbocycles. The molecule has 2 aromatic carbocycles. The fraction of sp³-hybridized carbons (Fsp3) is 0.500. The highest BCUT2D eigenvalue weighted by atomic mass is 16.5. The lowest BCUT2D eigenvalue weighted by Gasteiger charge is -2.21. The summed E-state index contributed by atoms with van der Waals surface area (Å²) in [5, 5.41) is 0. The average molecular weight is 557 g/mol. The molecule has 0 aromatic heterocycles. The molecular weight excluding hydrogens is 508 g/mol. The van der Waals surface area contributed by atoms with Crippen molar-refractivity contribution < 1.29 is 28.4 Å². The summed E-state index contributed by atoms with van der Waals surface area (Å²) in [6, 6.07) is 7.85. The van der Waals surface area contributed by atoms with Crippen molar-refractivity contribution in [1.82, 2.24) is 9.80 Å². The molecule has 0 saturated heterocycles. The van der Waals surface area contributed by atoms with Crippen LogP contribution in [0.25, 0.3) is 12.2 Å². The van der Waals surface area contributed by atoms with E-state index >= 15 is 0 Å². The second-order valence-electron chi connectivity index (χ2n) is 9.61. The van der Waals surface area contributed by atoms with E-state index in [1.165, 1.54) is 0 Å². The molecule has 0 saturated carbocycles. The van der Waals surface area contributed by atoms with Gasteiger partial charge in [0.25, 0.3) is 0 Å². The molecule has 222 valence electrons. The summed E-state index contributed by atoms with van der Waals surface area (Å²) in [5.41, 5.74) is 2.06. The average Bonchev–Trinajstić information content (AvgIpc) is 2.98. The van der Waals surface area contributed by atoms with Crippen molar-refractivity contribution in [3.8, 4) is 34.5 Å². The van der Waals surface area contributed by atoms with Crippen LogP contribution in [0.1, 0.15) is 36.8 Å². The summed E-state index contributed by atoms with van der Waals surface area (Å²) in [6.45, 7) is 4.22. The van der Waals surface area contributed by atoms with Gasteiger partial charge in [0.1, 0.15) is 0 Å². The lowest BCUT2D eigenvalue weighted by molar-refractivity contribution is 0.254. The number of hydrogen-bond acceptors (Lipinski definition) is 8. The minimum atomic E-state index is 0.612. The SMILES string of the molecule is COc1cc(/C=C/CCCN(C)CCN(C)CCC/C=C/c2cc(OC)c(OC)c(OC)c2)cc(OC)c1OC. The van der Waals surface area contributed by atoms with E-state index in [1.54, 1.807) is 42.7 Å². The first kappa shape index (κ1) is 32.8. The second kappa shape index (κ2) is 18.1. The monoisotopic (exact) mass is 556 g/mol. The zero-order chi connectivity index (χ0) is 29.3. The molecule has 40 heavy (non-hydrogen) atoms. The van der Waals surface area contributed by atoms with E-state index in [1.807, 2.05) is 24.3 Å². The second-order valence-corrected chi connectivity index (χ2v) is 9.61. The Hall–Kier alpha value is -3.36. The minimum Gasteiger partial charge on any atom is -0.493 e. The van der Waals surface area contributed by atoms with Crippen LogP contribution < -0.4 is 28.4 Å². The Kier molecular flexibility index (Phi) is 14.8. The molecule has 0 aliphatic rings. The summed E-state index contributed by atoms with van der Waals surface area (Å²) < 4.78 is 32.5. The third kappa shape index (κ3) is 10.3. The summed E-state index contributed by atoms with van der Waals surface area (Å²) in [6.07, 6.45) is 12.8. The van der Waals surface area contributed by atoms with E-state index in [4.69, 9.17) is 28.4 Å². The van der Waals surface area contributed by atoms with Crippen molar-refractivity contribution in [1.29, 1.82) is 0 Å². The number of likely N-dealkylation sites (N-methyl/N-ethyl adjacent to an activating group) is 2. The smallest absolute Gasteiger partial charge is 0.203 e. The molecule has 0 unspecified atom stereocenters. The van der Waals surface area contributed by atoms with Crippen LogP contribution in [0.2, 0.25) is 0 Å². The molecule has 0 radical (unpaired) electrons. The van der Waals surface area contributed by atoms with Crippen LogP contribution in [0.4, 0.5) is 0 Å². The number of nitrogens with zero attached hydrogens (tertiary/aromatic N) is 2. The molecule has 2 aromatic rings. The van der Waals surface area contributed by atoms with Gasteiger partial charge in [-0.05, 0) is 88.3 Å². The summed E-state index contributed by atoms with van der Waals surface area (Å²) in [5.74, 6) is 3.89. The van der Waals surface area contributed by atoms with Gasteiger partial charge in [0.15, 0.2) is 23.0 Å². The Morgan fingerprint density at radius 2 is 0.825 bits per heavy atom. The topological polar surface area (TPSA) is 61.9 Å². The van der Waals surface area contributed by atoms with Gasteiger partial charge in [-0.2, -0.15) is 0 Å². The number of benzene rings is 2. The van der Waals surface area contributed by atoms with E-state index < -0.39 is 0 Å². The Morgan fingerprint density at radius 1 is 0.500 bits per heavy atom. The van der Waals surface area contributed by atoms with Gasteiger partial charge in [0, 0.05) is 13.1 Å². The summed E-state index contributed by atoms with van der Waals surface area (Å²) in [7, 11) is 14.1. The standard InChI is InChI=1S/C32H48N2O6/c1-33(17-13-9-11-15-25-21-27(35-3)31(39-7)28(22-25)36-4)19-20-34(2)18-14-10-12-16-26-23-29(37-5)32(40-8)30(24-26)38-6/h11-12,15-16,21-24H,9-10,13-14,17-20H2,1-8H3/b15-11+,16-12+. The Balaban J connectivity index is 1.67. The molecule has 0 N–H and O–H groups in total. The number of allylic oxidation sites excluding steroid dienone is 2. The number of ether oxygens (including phenoxy) is 6. The molecule has 0 bridgehead atoms. The van der Waals surface area contributed by atoms with Crippen molar-refractivity contribution >= 4 is 12.2 Å². The van der Waals surface area contributed by atoms with Gasteiger partial charge in [-0.15, -0.1) is 0 Å². The van der Waals surface area contributed by atoms with Crippen LogP contribution in [-0.4, -0.2) is 92.7 Å². The fourth-order valence-electron chi connectivity index (χ4n) is 4.36. The van der Waals surface area contributed by atoms with Gasteiger partial charge in [0.05, 0.1) is 42.7 Å². The van der Waals surface area contributed by atoms with Gasteiger partial charge in [-0.1, -0.05) is 24.3 Å². The largest absolute Gasteiger partial charge is 0.493 e. The molecule has 8 heteroatoms. The van der Waals surface area contributed by atoms with Crippen LogP contribution in [0.3, 0.4) is 0 Å². The molecule has 2 rings (SSSR count). The fourth-order valence-corrected chi connectivity index (χ4v) is 4.36. The zero-order valence-electron chi connectivity index (χ0n) is 25.6. The van der Waals surface area contributed by atoms with Gasteiger partial charge < -0.3 is 38.2 Å². The summed E-state index contributed by atoms with van der Waals surface area (Å²) >= 11 is 0. The Labute approximate surface area is 241 Å². The van der Waals surface area contributed by atoms with Gasteiger partial charge in [-0.25, -0.2) is 0 Å². The maximum Gasteiger partial charge on any atom is 0.203 e. The van der Waals surface area contributed by atoms with Gasteiger partial charge in [-0.3, -0.25) is 0 Å². The lowest BCUT2D eigenvalue weighted by Crippen LogP contribution is -2.31. The molecule has 0 spiro atoms. The maximum atomic E-state index is 5.44. The molecule has 0 amide bonds. The predicted octanol–water partition coefficient (Wildman–Crippen LogP) is 5.89. The normalized spacial score (nSPS) is 11.6. The van der Waals surface area contributed by atoms with E-state index in [-0.39, 0.29) is 0 Å². The number of rotatable bonds is 19. The Bertz CT molecular complexity index is 950. The third-order valence-electron chi connectivity index (χ3n) is 6.68. The summed E-state index contributed by atoms with van der Waals surface area (Å²) in [4.78, 5) is 4.79. The zero-order valence-corrected chi connectivity index (χ0v) is 25.6. The first-order chi connectivity index (χ1) is 19.4.